The minimum atomic E-state index is -2.05. The van der Waals surface area contributed by atoms with Crippen LogP contribution in [-0.4, -0.2) is 39.2 Å². The van der Waals surface area contributed by atoms with Gasteiger partial charge in [0.2, 0.25) is 0 Å². The van der Waals surface area contributed by atoms with Crippen LogP contribution in [0.15, 0.2) is 24.3 Å². The van der Waals surface area contributed by atoms with Crippen LogP contribution in [0.5, 0.6) is 5.75 Å². The molecule has 1 aromatic rings. The summed E-state index contributed by atoms with van der Waals surface area (Å²) in [7, 11) is -0.427. The number of ether oxygens (including phenoxy) is 2. The molecule has 0 aliphatic heterocycles. The van der Waals surface area contributed by atoms with E-state index in [2.05, 4.69) is 41.5 Å². The summed E-state index contributed by atoms with van der Waals surface area (Å²) >= 11 is 0. The fraction of sp³-hybridized carbons (Fsp3) is 0.667. The third-order valence-electron chi connectivity index (χ3n) is 5.27. The van der Waals surface area contributed by atoms with Crippen molar-refractivity contribution in [3.05, 3.63) is 29.8 Å². The third-order valence-corrected chi connectivity index (χ3v) is 11.4. The van der Waals surface area contributed by atoms with Gasteiger partial charge in [-0.2, -0.15) is 0 Å². The average molecular weight is 397 g/mol. The van der Waals surface area contributed by atoms with Crippen molar-refractivity contribution >= 4 is 14.3 Å². The average Bonchev–Trinajstić information content (AvgIpc) is 2.59. The first kappa shape index (κ1) is 23.7. The van der Waals surface area contributed by atoms with E-state index in [0.29, 0.717) is 29.8 Å². The van der Waals surface area contributed by atoms with Crippen molar-refractivity contribution in [3.63, 3.8) is 0 Å². The van der Waals surface area contributed by atoms with E-state index in [1.165, 1.54) is 0 Å². The van der Waals surface area contributed by atoms with E-state index >= 15 is 0 Å². The number of hydrogen-bond acceptors (Lipinski definition) is 4. The van der Waals surface area contributed by atoms with Crippen LogP contribution in [0.2, 0.25) is 16.6 Å². The summed E-state index contributed by atoms with van der Waals surface area (Å²) in [4.78, 5) is 11.3. The normalized spacial score (nSPS) is 13.4. The number of benzene rings is 1. The molecule has 5 nitrogen and oxygen atoms in total. The van der Waals surface area contributed by atoms with Crippen LogP contribution >= 0.6 is 0 Å². The molecule has 1 aromatic carbocycles. The Morgan fingerprint density at radius 1 is 1.00 bits per heavy atom. The Labute approximate surface area is 165 Å². The summed E-state index contributed by atoms with van der Waals surface area (Å²) in [5.74, 6) is -0.0880. The Balaban J connectivity index is 2.81. The van der Waals surface area contributed by atoms with Crippen LogP contribution in [-0.2, 0) is 20.6 Å². The molecule has 1 N–H and O–H groups in total. The maximum absolute atomic E-state index is 11.3. The molecule has 27 heavy (non-hydrogen) atoms. The lowest BCUT2D eigenvalue weighted by Gasteiger charge is -2.42. The Morgan fingerprint density at radius 3 is 1.93 bits per heavy atom. The molecule has 0 spiro atoms. The summed E-state index contributed by atoms with van der Waals surface area (Å²) in [6.07, 6.45) is -0.526. The summed E-state index contributed by atoms with van der Waals surface area (Å²) in [6.45, 7) is 14.0. The van der Waals surface area contributed by atoms with Crippen molar-refractivity contribution in [2.24, 2.45) is 0 Å². The number of methoxy groups -OCH3 is 1. The van der Waals surface area contributed by atoms with Gasteiger partial charge in [0.05, 0.1) is 32.8 Å². The minimum Gasteiger partial charge on any atom is -0.497 e. The molecule has 0 saturated heterocycles. The fourth-order valence-corrected chi connectivity index (χ4v) is 9.51. The molecule has 1 rings (SSSR count). The summed E-state index contributed by atoms with van der Waals surface area (Å²) in [5, 5.41) is 9.27. The number of carboxylic acids is 1. The maximum Gasteiger partial charge on any atom is 0.306 e. The predicted octanol–water partition coefficient (Wildman–Crippen LogP) is 5.25. The Bertz CT molecular complexity index is 547. The van der Waals surface area contributed by atoms with E-state index in [-0.39, 0.29) is 6.42 Å². The summed E-state index contributed by atoms with van der Waals surface area (Å²) in [5.41, 5.74) is 2.32. The van der Waals surface area contributed by atoms with Crippen molar-refractivity contribution < 1.29 is 23.8 Å². The van der Waals surface area contributed by atoms with E-state index in [1.807, 2.05) is 24.3 Å². The van der Waals surface area contributed by atoms with Crippen LogP contribution in [0.4, 0.5) is 0 Å². The molecule has 154 valence electrons. The van der Waals surface area contributed by atoms with Crippen molar-refractivity contribution in [1.29, 1.82) is 0 Å². The molecule has 0 aliphatic carbocycles. The van der Waals surface area contributed by atoms with Crippen LogP contribution in [0, 0.1) is 0 Å². The second-order valence-electron chi connectivity index (χ2n) is 8.01. The lowest BCUT2D eigenvalue weighted by molar-refractivity contribution is -0.141. The van der Waals surface area contributed by atoms with Gasteiger partial charge < -0.3 is 19.0 Å². The van der Waals surface area contributed by atoms with Gasteiger partial charge >= 0.3 is 5.97 Å². The second-order valence-corrected chi connectivity index (χ2v) is 13.5. The molecule has 0 radical (unpaired) electrons. The fourth-order valence-electron chi connectivity index (χ4n) is 4.03. The van der Waals surface area contributed by atoms with Gasteiger partial charge in [-0.25, -0.2) is 0 Å². The first-order valence-electron chi connectivity index (χ1n) is 9.73. The first-order valence-corrected chi connectivity index (χ1v) is 11.9. The Morgan fingerprint density at radius 2 is 1.52 bits per heavy atom. The van der Waals surface area contributed by atoms with Crippen LogP contribution in [0.1, 0.15) is 53.5 Å². The molecule has 0 aromatic heterocycles. The monoisotopic (exact) mass is 396 g/mol. The van der Waals surface area contributed by atoms with Crippen molar-refractivity contribution in [1.82, 2.24) is 0 Å². The highest BCUT2D eigenvalue weighted by Gasteiger charge is 2.45. The zero-order chi connectivity index (χ0) is 20.6. The highest BCUT2D eigenvalue weighted by Crippen LogP contribution is 2.42. The van der Waals surface area contributed by atoms with Crippen LogP contribution < -0.4 is 4.74 Å². The molecular weight excluding hydrogens is 360 g/mol. The van der Waals surface area contributed by atoms with Gasteiger partial charge in [-0.1, -0.05) is 53.7 Å². The van der Waals surface area contributed by atoms with E-state index in [1.54, 1.807) is 7.11 Å². The number of aliphatic carboxylic acids is 1. The van der Waals surface area contributed by atoms with Gasteiger partial charge in [-0.3, -0.25) is 4.79 Å². The molecule has 0 fully saturated rings. The van der Waals surface area contributed by atoms with Crippen LogP contribution in [0.25, 0.3) is 0 Å². The van der Waals surface area contributed by atoms with E-state index in [4.69, 9.17) is 13.9 Å². The van der Waals surface area contributed by atoms with Gasteiger partial charge in [0, 0.05) is 0 Å². The quantitative estimate of drug-likeness (QED) is 0.489. The van der Waals surface area contributed by atoms with E-state index in [0.717, 1.165) is 11.3 Å². The molecule has 6 heteroatoms. The van der Waals surface area contributed by atoms with Gasteiger partial charge in [0.1, 0.15) is 5.75 Å². The van der Waals surface area contributed by atoms with Crippen LogP contribution in [0.3, 0.4) is 0 Å². The highest BCUT2D eigenvalue weighted by molar-refractivity contribution is 6.77. The third kappa shape index (κ3) is 6.62. The summed E-state index contributed by atoms with van der Waals surface area (Å²) < 4.78 is 17.6. The first-order chi connectivity index (χ1) is 12.6. The highest BCUT2D eigenvalue weighted by atomic mass is 28.4. The molecule has 1 atom stereocenters. The summed E-state index contributed by atoms with van der Waals surface area (Å²) in [6, 6.07) is 7.59. The van der Waals surface area contributed by atoms with Crippen molar-refractivity contribution in [2.45, 2.75) is 77.3 Å². The molecule has 0 amide bonds. The number of carboxylic acid groups (broad SMARTS) is 1. The molecule has 0 unspecified atom stereocenters. The maximum atomic E-state index is 11.3. The van der Waals surface area contributed by atoms with Gasteiger partial charge in [0.25, 0.3) is 0 Å². The second kappa shape index (κ2) is 10.8. The smallest absolute Gasteiger partial charge is 0.306 e. The molecule has 0 aliphatic rings. The standard InChI is InChI=1S/C21H36O5Si/c1-15(2)27(16(3)4,17(5)6)26-14-20(12-21(22)23)25-13-18-8-10-19(24-7)11-9-18/h8-11,15-17,20H,12-14H2,1-7H3,(H,22,23)/t20-/m0/s1. The number of rotatable bonds is 12. The number of carbonyl (C=O) groups is 1. The molecule has 0 heterocycles. The zero-order valence-corrected chi connectivity index (χ0v) is 18.8. The lowest BCUT2D eigenvalue weighted by Crippen LogP contribution is -2.49. The number of hydrogen-bond donors (Lipinski definition) is 1. The topological polar surface area (TPSA) is 65.0 Å². The van der Waals surface area contributed by atoms with Gasteiger partial charge in [-0.05, 0) is 34.3 Å². The van der Waals surface area contributed by atoms with E-state index in [9.17, 15) is 9.90 Å². The lowest BCUT2D eigenvalue weighted by atomic mass is 10.2. The van der Waals surface area contributed by atoms with E-state index < -0.39 is 20.4 Å². The minimum absolute atomic E-state index is 0.0606. The van der Waals surface area contributed by atoms with Crippen molar-refractivity contribution in [2.75, 3.05) is 13.7 Å². The SMILES string of the molecule is COc1ccc(CO[C@H](CO[Si](C(C)C)(C(C)C)C(C)C)CC(=O)O)cc1. The zero-order valence-electron chi connectivity index (χ0n) is 17.8. The molecule has 0 saturated carbocycles. The Kier molecular flexibility index (Phi) is 9.49. The Hall–Kier alpha value is -1.37. The largest absolute Gasteiger partial charge is 0.497 e. The molecular formula is C21H36O5Si. The van der Waals surface area contributed by atoms with Gasteiger partial charge in [-0.15, -0.1) is 0 Å². The molecule has 0 bridgehead atoms. The van der Waals surface area contributed by atoms with Crippen molar-refractivity contribution in [3.8, 4) is 5.75 Å². The predicted molar refractivity (Wildman–Crippen MR) is 111 cm³/mol. The van der Waals surface area contributed by atoms with Gasteiger partial charge in [0.15, 0.2) is 8.32 Å².